The molecular weight excluding hydrogens is 494 g/mol. The number of nitrogens with one attached hydrogen (secondary N) is 2. The maximum atomic E-state index is 14.1. The topological polar surface area (TPSA) is 67.1 Å². The number of hydrogen-bond donors (Lipinski definition) is 2. The lowest BCUT2D eigenvalue weighted by Crippen LogP contribution is -2.47. The summed E-state index contributed by atoms with van der Waals surface area (Å²) in [6, 6.07) is 5.22. The molecule has 4 rings (SSSR count). The number of guanidine groups is 1. The average Bonchev–Trinajstić information content (AvgIpc) is 3.26. The van der Waals surface area contributed by atoms with E-state index < -0.39 is 0 Å². The standard InChI is InChI=1S/C19H24ClFN6.HI/c1-3-16-25-17-8-7-11(10-27(17)26-16)23-19(22-2)24-15-9-12(15)18-13(20)5-4-6-14(18)21;/h4-6,11-12,15H,3,7-10H2,1-2H3,(H2,22,23,24);1H. The summed E-state index contributed by atoms with van der Waals surface area (Å²) in [6.07, 6.45) is 3.58. The van der Waals surface area contributed by atoms with E-state index in [-0.39, 0.29) is 47.8 Å². The van der Waals surface area contributed by atoms with Crippen molar-refractivity contribution in [2.45, 2.75) is 57.2 Å². The van der Waals surface area contributed by atoms with Gasteiger partial charge >= 0.3 is 0 Å². The molecule has 1 saturated carbocycles. The molecule has 9 heteroatoms. The molecule has 0 spiro atoms. The van der Waals surface area contributed by atoms with E-state index in [1.54, 1.807) is 19.2 Å². The van der Waals surface area contributed by atoms with Gasteiger partial charge in [0.2, 0.25) is 0 Å². The summed E-state index contributed by atoms with van der Waals surface area (Å²) in [5.41, 5.74) is 0.601. The van der Waals surface area contributed by atoms with Crippen LogP contribution in [0.2, 0.25) is 5.02 Å². The summed E-state index contributed by atoms with van der Waals surface area (Å²) < 4.78 is 16.1. The number of fused-ring (bicyclic) bond motifs is 1. The van der Waals surface area contributed by atoms with Crippen LogP contribution in [0.15, 0.2) is 23.2 Å². The van der Waals surface area contributed by atoms with Crippen LogP contribution in [0.5, 0.6) is 0 Å². The van der Waals surface area contributed by atoms with Crippen LogP contribution >= 0.6 is 35.6 Å². The van der Waals surface area contributed by atoms with Gasteiger partial charge in [-0.1, -0.05) is 24.6 Å². The predicted octanol–water partition coefficient (Wildman–Crippen LogP) is 3.29. The highest BCUT2D eigenvalue weighted by Crippen LogP contribution is 2.44. The van der Waals surface area contributed by atoms with Crippen molar-refractivity contribution in [3.63, 3.8) is 0 Å². The van der Waals surface area contributed by atoms with Crippen molar-refractivity contribution in [2.75, 3.05) is 7.05 Å². The Kier molecular flexibility index (Phi) is 6.80. The number of aryl methyl sites for hydroxylation is 2. The lowest BCUT2D eigenvalue weighted by atomic mass is 10.1. The number of nitrogens with zero attached hydrogens (tertiary/aromatic N) is 4. The fourth-order valence-electron chi connectivity index (χ4n) is 3.71. The first-order valence-corrected chi connectivity index (χ1v) is 9.83. The van der Waals surface area contributed by atoms with Gasteiger partial charge in [0.05, 0.1) is 6.54 Å². The fraction of sp³-hybridized carbons (Fsp3) is 0.526. The Morgan fingerprint density at radius 2 is 2.21 bits per heavy atom. The quantitative estimate of drug-likeness (QED) is 0.370. The fourth-order valence-corrected chi connectivity index (χ4v) is 4.01. The maximum absolute atomic E-state index is 14.1. The molecule has 0 bridgehead atoms. The SMILES string of the molecule is CCc1nc2n(n1)CC(NC(=NC)NC1CC1c1c(F)cccc1Cl)CC2.I. The molecule has 0 radical (unpaired) electrons. The van der Waals surface area contributed by atoms with Crippen LogP contribution in [0, 0.1) is 5.82 Å². The van der Waals surface area contributed by atoms with Gasteiger partial charge in [-0.15, -0.1) is 24.0 Å². The molecule has 2 aromatic rings. The Labute approximate surface area is 186 Å². The van der Waals surface area contributed by atoms with Crippen molar-refractivity contribution >= 4 is 41.5 Å². The predicted molar refractivity (Wildman–Crippen MR) is 119 cm³/mol. The minimum Gasteiger partial charge on any atom is -0.353 e. The second-order valence-electron chi connectivity index (χ2n) is 7.16. The van der Waals surface area contributed by atoms with E-state index in [1.807, 2.05) is 4.68 Å². The third kappa shape index (κ3) is 4.42. The van der Waals surface area contributed by atoms with Crippen molar-refractivity contribution in [3.8, 4) is 0 Å². The van der Waals surface area contributed by atoms with Crippen LogP contribution in [-0.4, -0.2) is 39.9 Å². The number of benzene rings is 1. The summed E-state index contributed by atoms with van der Waals surface area (Å²) in [6.45, 7) is 2.84. The van der Waals surface area contributed by atoms with Gasteiger partial charge in [-0.25, -0.2) is 14.1 Å². The Hall–Kier alpha value is -1.42. The molecule has 1 fully saturated rings. The van der Waals surface area contributed by atoms with Crippen molar-refractivity contribution in [1.29, 1.82) is 0 Å². The zero-order valence-corrected chi connectivity index (χ0v) is 19.0. The van der Waals surface area contributed by atoms with Gasteiger partial charge in [0.15, 0.2) is 11.8 Å². The highest BCUT2D eigenvalue weighted by molar-refractivity contribution is 14.0. The van der Waals surface area contributed by atoms with Crippen LogP contribution in [0.1, 0.15) is 42.9 Å². The molecule has 0 saturated heterocycles. The maximum Gasteiger partial charge on any atom is 0.191 e. The molecule has 28 heavy (non-hydrogen) atoms. The Morgan fingerprint density at radius 1 is 1.39 bits per heavy atom. The summed E-state index contributed by atoms with van der Waals surface area (Å²) in [5, 5.41) is 11.9. The molecule has 1 aromatic carbocycles. The Bertz CT molecular complexity index is 850. The summed E-state index contributed by atoms with van der Waals surface area (Å²) in [5.74, 6) is 2.54. The molecule has 152 valence electrons. The molecule has 3 unspecified atom stereocenters. The largest absolute Gasteiger partial charge is 0.353 e. The number of aliphatic imine (C=N–C) groups is 1. The second-order valence-corrected chi connectivity index (χ2v) is 7.57. The lowest BCUT2D eigenvalue weighted by Gasteiger charge is -2.25. The molecule has 2 aliphatic rings. The van der Waals surface area contributed by atoms with E-state index in [4.69, 9.17) is 11.6 Å². The molecular formula is C19H25ClFIN6. The van der Waals surface area contributed by atoms with E-state index in [9.17, 15) is 4.39 Å². The Balaban J connectivity index is 0.00000225. The first-order chi connectivity index (χ1) is 13.1. The van der Waals surface area contributed by atoms with Gasteiger partial charge in [-0.05, 0) is 25.0 Å². The van der Waals surface area contributed by atoms with E-state index in [2.05, 4.69) is 32.6 Å². The molecule has 1 aromatic heterocycles. The number of rotatable bonds is 4. The Morgan fingerprint density at radius 3 is 2.93 bits per heavy atom. The van der Waals surface area contributed by atoms with Crippen LogP contribution < -0.4 is 10.6 Å². The zero-order valence-electron chi connectivity index (χ0n) is 16.0. The minimum absolute atomic E-state index is 0. The highest BCUT2D eigenvalue weighted by Gasteiger charge is 2.42. The van der Waals surface area contributed by atoms with E-state index in [0.717, 1.165) is 49.8 Å². The number of hydrogen-bond acceptors (Lipinski definition) is 3. The van der Waals surface area contributed by atoms with Gasteiger partial charge < -0.3 is 10.6 Å². The van der Waals surface area contributed by atoms with Crippen LogP contribution in [0.3, 0.4) is 0 Å². The first kappa shape index (κ1) is 21.3. The smallest absolute Gasteiger partial charge is 0.191 e. The first-order valence-electron chi connectivity index (χ1n) is 9.45. The number of halogens is 3. The normalized spacial score (nSPS) is 23.6. The van der Waals surface area contributed by atoms with Gasteiger partial charge in [0, 0.05) is 48.5 Å². The second kappa shape index (κ2) is 8.94. The van der Waals surface area contributed by atoms with E-state index >= 15 is 0 Å². The molecule has 6 nitrogen and oxygen atoms in total. The van der Waals surface area contributed by atoms with E-state index in [0.29, 0.717) is 10.6 Å². The van der Waals surface area contributed by atoms with Gasteiger partial charge in [0.1, 0.15) is 11.6 Å². The minimum atomic E-state index is -0.238. The van der Waals surface area contributed by atoms with Gasteiger partial charge in [-0.3, -0.25) is 4.99 Å². The van der Waals surface area contributed by atoms with Crippen molar-refractivity contribution < 1.29 is 4.39 Å². The highest BCUT2D eigenvalue weighted by atomic mass is 127. The third-order valence-electron chi connectivity index (χ3n) is 5.27. The van der Waals surface area contributed by atoms with Crippen LogP contribution in [-0.2, 0) is 19.4 Å². The number of aromatic nitrogens is 3. The molecule has 1 aliphatic heterocycles. The van der Waals surface area contributed by atoms with E-state index in [1.165, 1.54) is 6.07 Å². The third-order valence-corrected chi connectivity index (χ3v) is 5.60. The van der Waals surface area contributed by atoms with Crippen molar-refractivity contribution in [2.24, 2.45) is 4.99 Å². The van der Waals surface area contributed by atoms with Gasteiger partial charge in [0.25, 0.3) is 0 Å². The van der Waals surface area contributed by atoms with Crippen molar-refractivity contribution in [1.82, 2.24) is 25.4 Å². The van der Waals surface area contributed by atoms with Gasteiger partial charge in [-0.2, -0.15) is 5.10 Å². The molecule has 2 heterocycles. The van der Waals surface area contributed by atoms with Crippen LogP contribution in [0.4, 0.5) is 4.39 Å². The zero-order chi connectivity index (χ0) is 19.0. The van der Waals surface area contributed by atoms with Crippen molar-refractivity contribution in [3.05, 3.63) is 46.3 Å². The monoisotopic (exact) mass is 518 g/mol. The summed E-state index contributed by atoms with van der Waals surface area (Å²) in [7, 11) is 1.75. The molecule has 1 aliphatic carbocycles. The summed E-state index contributed by atoms with van der Waals surface area (Å²) in [4.78, 5) is 8.89. The molecule has 2 N–H and O–H groups in total. The molecule has 3 atom stereocenters. The lowest BCUT2D eigenvalue weighted by molar-refractivity contribution is 0.392. The molecule has 0 amide bonds. The van der Waals surface area contributed by atoms with Crippen LogP contribution in [0.25, 0.3) is 0 Å². The summed E-state index contributed by atoms with van der Waals surface area (Å²) >= 11 is 6.19. The average molecular weight is 519 g/mol.